The molecule has 8 heteroatoms. The van der Waals surface area contributed by atoms with Crippen molar-refractivity contribution in [1.29, 1.82) is 0 Å². The van der Waals surface area contributed by atoms with Crippen molar-refractivity contribution in [3.05, 3.63) is 36.8 Å². The maximum Gasteiger partial charge on any atom is 0.395 e. The molecule has 2 amide bonds. The number of furan rings is 1. The number of carbonyl (C=O) groups is 2. The number of carbonyl (C=O) groups excluding carboxylic acids is 2. The molecule has 1 fully saturated rings. The third kappa shape index (κ3) is 5.87. The third-order valence-corrected chi connectivity index (χ3v) is 4.78. The summed E-state index contributed by atoms with van der Waals surface area (Å²) >= 11 is 0. The fourth-order valence-electron chi connectivity index (χ4n) is 3.03. The maximum absolute atomic E-state index is 13.4. The summed E-state index contributed by atoms with van der Waals surface area (Å²) in [5.41, 5.74) is -0.505. The monoisotopic (exact) mass is 386 g/mol. The molecule has 27 heavy (non-hydrogen) atoms. The van der Waals surface area contributed by atoms with Gasteiger partial charge in [0.2, 0.25) is 11.8 Å². The van der Waals surface area contributed by atoms with Crippen molar-refractivity contribution < 1.29 is 27.2 Å². The van der Waals surface area contributed by atoms with Crippen LogP contribution in [0.1, 0.15) is 32.4 Å². The van der Waals surface area contributed by atoms with Gasteiger partial charge in [0.25, 0.3) is 0 Å². The van der Waals surface area contributed by atoms with E-state index in [1.807, 2.05) is 0 Å². The number of amides is 2. The second-order valence-electron chi connectivity index (χ2n) is 7.57. The van der Waals surface area contributed by atoms with E-state index in [1.54, 1.807) is 32.1 Å². The number of rotatable bonds is 7. The lowest BCUT2D eigenvalue weighted by molar-refractivity contribution is -0.176. The molecule has 2 rings (SSSR count). The normalized spacial score (nSPS) is 20.6. The lowest BCUT2D eigenvalue weighted by atomic mass is 9.89. The van der Waals surface area contributed by atoms with Crippen LogP contribution in [0.15, 0.2) is 35.5 Å². The topological polar surface area (TPSA) is 62.6 Å². The van der Waals surface area contributed by atoms with Gasteiger partial charge in [0.05, 0.1) is 18.2 Å². The zero-order valence-electron chi connectivity index (χ0n) is 15.5. The van der Waals surface area contributed by atoms with E-state index in [2.05, 4.69) is 11.9 Å². The highest BCUT2D eigenvalue weighted by Gasteiger charge is 2.51. The molecule has 0 aromatic carbocycles. The molecule has 0 radical (unpaired) electrons. The van der Waals surface area contributed by atoms with Crippen LogP contribution in [0.5, 0.6) is 0 Å². The third-order valence-electron chi connectivity index (χ3n) is 4.78. The molecule has 150 valence electrons. The van der Waals surface area contributed by atoms with Gasteiger partial charge in [0.1, 0.15) is 5.76 Å². The number of allylic oxidation sites excluding steroid dienone is 1. The molecule has 0 bridgehead atoms. The maximum atomic E-state index is 13.4. The Morgan fingerprint density at radius 3 is 2.63 bits per heavy atom. The number of hydrogen-bond acceptors (Lipinski definition) is 3. The van der Waals surface area contributed by atoms with Crippen LogP contribution in [-0.4, -0.2) is 42.0 Å². The predicted octanol–water partition coefficient (Wildman–Crippen LogP) is 3.32. The van der Waals surface area contributed by atoms with Crippen LogP contribution < -0.4 is 5.32 Å². The molecule has 5 nitrogen and oxygen atoms in total. The first-order valence-electron chi connectivity index (χ1n) is 8.81. The van der Waals surface area contributed by atoms with Crippen molar-refractivity contribution in [3.8, 4) is 0 Å². The Bertz CT molecular complexity index is 668. The lowest BCUT2D eigenvalue weighted by Gasteiger charge is -2.23. The summed E-state index contributed by atoms with van der Waals surface area (Å²) in [7, 11) is 0. The van der Waals surface area contributed by atoms with Crippen molar-refractivity contribution in [2.75, 3.05) is 13.1 Å². The summed E-state index contributed by atoms with van der Waals surface area (Å²) in [6.07, 6.45) is -1.03. The molecule has 1 aliphatic rings. The molecule has 1 aromatic heterocycles. The average Bonchev–Trinajstić information content (AvgIpc) is 3.21. The highest BCUT2D eigenvalue weighted by Crippen LogP contribution is 2.35. The Kier molecular flexibility index (Phi) is 6.38. The molecule has 0 spiro atoms. The molecule has 2 heterocycles. The molecule has 0 saturated carbocycles. The Balaban J connectivity index is 1.99. The molecular weight excluding hydrogens is 361 g/mol. The first-order valence-corrected chi connectivity index (χ1v) is 8.81. The zero-order valence-corrected chi connectivity index (χ0v) is 15.5. The van der Waals surface area contributed by atoms with Gasteiger partial charge in [-0.25, -0.2) is 0 Å². The molecule has 1 aromatic rings. The minimum Gasteiger partial charge on any atom is -0.469 e. The Hall–Kier alpha value is -2.25. The van der Waals surface area contributed by atoms with Crippen LogP contribution in [-0.2, 0) is 16.0 Å². The van der Waals surface area contributed by atoms with Crippen molar-refractivity contribution in [2.24, 2.45) is 11.3 Å². The smallest absolute Gasteiger partial charge is 0.395 e. The van der Waals surface area contributed by atoms with E-state index in [4.69, 9.17) is 4.42 Å². The van der Waals surface area contributed by atoms with Gasteiger partial charge in [-0.3, -0.25) is 9.59 Å². The number of halogens is 3. The molecule has 0 aliphatic carbocycles. The summed E-state index contributed by atoms with van der Waals surface area (Å²) in [6, 6.07) is 2.23. The van der Waals surface area contributed by atoms with Gasteiger partial charge >= 0.3 is 6.18 Å². The molecule has 1 saturated heterocycles. The lowest BCUT2D eigenvalue weighted by Crippen LogP contribution is -2.45. The molecule has 0 unspecified atom stereocenters. The fourth-order valence-corrected chi connectivity index (χ4v) is 3.03. The van der Waals surface area contributed by atoms with Crippen molar-refractivity contribution in [3.63, 3.8) is 0 Å². The largest absolute Gasteiger partial charge is 0.469 e. The van der Waals surface area contributed by atoms with Crippen molar-refractivity contribution in [1.82, 2.24) is 10.2 Å². The summed E-state index contributed by atoms with van der Waals surface area (Å²) < 4.78 is 45.3. The summed E-state index contributed by atoms with van der Waals surface area (Å²) in [4.78, 5) is 25.7. The van der Waals surface area contributed by atoms with Gasteiger partial charge in [-0.1, -0.05) is 19.9 Å². The summed E-state index contributed by atoms with van der Waals surface area (Å²) in [6.45, 7) is 6.64. The fraction of sp³-hybridized carbons (Fsp3) is 0.579. The Morgan fingerprint density at radius 2 is 2.07 bits per heavy atom. The Labute approximate surface area is 156 Å². The first kappa shape index (κ1) is 21.1. The predicted molar refractivity (Wildman–Crippen MR) is 93.7 cm³/mol. The van der Waals surface area contributed by atoms with Crippen LogP contribution in [0.4, 0.5) is 13.2 Å². The highest BCUT2D eigenvalue weighted by molar-refractivity contribution is 5.79. The van der Waals surface area contributed by atoms with Gasteiger partial charge in [0.15, 0.2) is 0 Å². The number of nitrogens with zero attached hydrogens (tertiary/aromatic N) is 1. The van der Waals surface area contributed by atoms with Crippen LogP contribution in [0.25, 0.3) is 0 Å². The van der Waals surface area contributed by atoms with Crippen LogP contribution >= 0.6 is 0 Å². The summed E-state index contributed by atoms with van der Waals surface area (Å²) in [5, 5.41) is 2.44. The van der Waals surface area contributed by atoms with E-state index in [9.17, 15) is 22.8 Å². The number of hydrogen-bond donors (Lipinski definition) is 1. The minimum atomic E-state index is -4.50. The number of alkyl halides is 3. The second kappa shape index (κ2) is 8.19. The second-order valence-corrected chi connectivity index (χ2v) is 7.57. The van der Waals surface area contributed by atoms with Gasteiger partial charge in [0, 0.05) is 32.4 Å². The van der Waals surface area contributed by atoms with Crippen LogP contribution in [0.2, 0.25) is 0 Å². The van der Waals surface area contributed by atoms with Crippen molar-refractivity contribution >= 4 is 11.8 Å². The van der Waals surface area contributed by atoms with E-state index in [1.165, 1.54) is 11.2 Å². The number of likely N-dealkylation sites (tertiary alicyclic amines) is 1. The zero-order chi connectivity index (χ0) is 20.2. The number of aryl methyl sites for hydroxylation is 1. The Morgan fingerprint density at radius 1 is 1.37 bits per heavy atom. The average molecular weight is 386 g/mol. The molecule has 1 aliphatic heterocycles. The van der Waals surface area contributed by atoms with Gasteiger partial charge in [-0.15, -0.1) is 6.58 Å². The standard InChI is InChI=1S/C19H25F3N2O3/c1-4-18(2,3)10-17(26)24-11-14(19(20,21)22)15(12-24)23-16(25)8-7-13-6-5-9-27-13/h4-6,9,14-15H,1,7-8,10-12H2,2-3H3,(H,23,25)/t14-,15-/m1/s1. The van der Waals surface area contributed by atoms with E-state index in [-0.39, 0.29) is 25.3 Å². The number of nitrogens with one attached hydrogen (secondary N) is 1. The highest BCUT2D eigenvalue weighted by atomic mass is 19.4. The van der Waals surface area contributed by atoms with Crippen LogP contribution in [0.3, 0.4) is 0 Å². The SMILES string of the molecule is C=CC(C)(C)CC(=O)N1C[C@@H](C(F)(F)F)[C@H](NC(=O)CCc2ccco2)C1. The molecule has 1 N–H and O–H groups in total. The van der Waals surface area contributed by atoms with Gasteiger partial charge in [-0.2, -0.15) is 13.2 Å². The van der Waals surface area contributed by atoms with E-state index in [0.717, 1.165) is 0 Å². The van der Waals surface area contributed by atoms with Gasteiger partial charge in [-0.05, 0) is 17.5 Å². The van der Waals surface area contributed by atoms with Crippen molar-refractivity contribution in [2.45, 2.75) is 45.3 Å². The quantitative estimate of drug-likeness (QED) is 0.732. The van der Waals surface area contributed by atoms with E-state index < -0.39 is 36.0 Å². The first-order chi connectivity index (χ1) is 12.5. The van der Waals surface area contributed by atoms with Crippen LogP contribution in [0, 0.1) is 11.3 Å². The molecule has 2 atom stereocenters. The van der Waals surface area contributed by atoms with Gasteiger partial charge < -0.3 is 14.6 Å². The minimum absolute atomic E-state index is 0.0199. The van der Waals surface area contributed by atoms with E-state index in [0.29, 0.717) is 12.2 Å². The van der Waals surface area contributed by atoms with E-state index >= 15 is 0 Å². The molecular formula is C19H25F3N2O3. The summed E-state index contributed by atoms with van der Waals surface area (Å²) in [5.74, 6) is -2.05.